The van der Waals surface area contributed by atoms with E-state index in [2.05, 4.69) is 15.8 Å². The summed E-state index contributed by atoms with van der Waals surface area (Å²) in [4.78, 5) is 54.3. The number of nitro groups is 1. The van der Waals surface area contributed by atoms with Crippen molar-refractivity contribution < 1.29 is 14.5 Å². The average Bonchev–Trinajstić information content (AvgIpc) is 3.20. The van der Waals surface area contributed by atoms with Crippen molar-refractivity contribution in [3.05, 3.63) is 60.7 Å². The summed E-state index contributed by atoms with van der Waals surface area (Å²) in [5, 5.41) is 11.9. The highest BCUT2D eigenvalue weighted by atomic mass is 32.2. The van der Waals surface area contributed by atoms with Crippen LogP contribution >= 0.6 is 23.1 Å². The van der Waals surface area contributed by atoms with Crippen molar-refractivity contribution >= 4 is 50.8 Å². The molecule has 0 saturated carbocycles. The van der Waals surface area contributed by atoms with E-state index >= 15 is 0 Å². The summed E-state index contributed by atoms with van der Waals surface area (Å²) in [5.74, 6) is -1.13. The maximum atomic E-state index is 13.1. The lowest BCUT2D eigenvalue weighted by Gasteiger charge is -2.12. The number of amides is 2. The van der Waals surface area contributed by atoms with E-state index in [9.17, 15) is 24.5 Å². The molecule has 10 nitrogen and oxygen atoms in total. The van der Waals surface area contributed by atoms with Gasteiger partial charge in [-0.25, -0.2) is 4.98 Å². The average molecular weight is 488 g/mol. The number of aromatic nitrogens is 2. The zero-order valence-corrected chi connectivity index (χ0v) is 19.4. The van der Waals surface area contributed by atoms with E-state index in [0.29, 0.717) is 21.9 Å². The fourth-order valence-corrected chi connectivity index (χ4v) is 5.87. The number of thiophene rings is 1. The molecule has 1 aliphatic carbocycles. The summed E-state index contributed by atoms with van der Waals surface area (Å²) < 4.78 is 1.58. The largest absolute Gasteiger partial charge is 0.287 e. The number of non-ortho nitro benzene ring substituents is 1. The maximum absolute atomic E-state index is 13.1. The number of nitro benzene ring substituents is 1. The number of carbonyl (C=O) groups excluding carboxylic acids is 2. The lowest BCUT2D eigenvalue weighted by atomic mass is 9.97. The highest BCUT2D eigenvalue weighted by Crippen LogP contribution is 2.34. The maximum Gasteiger partial charge on any atom is 0.269 e. The van der Waals surface area contributed by atoms with Crippen LogP contribution in [0.5, 0.6) is 0 Å². The van der Waals surface area contributed by atoms with Gasteiger partial charge in [-0.05, 0) is 50.3 Å². The number of benzene rings is 1. The quantitative estimate of drug-likeness (QED) is 0.236. The van der Waals surface area contributed by atoms with E-state index < -0.39 is 16.7 Å². The zero-order valence-electron chi connectivity index (χ0n) is 17.8. The first-order valence-electron chi connectivity index (χ1n) is 10.4. The van der Waals surface area contributed by atoms with E-state index in [1.165, 1.54) is 29.1 Å². The lowest BCUT2D eigenvalue weighted by molar-refractivity contribution is -0.384. The highest BCUT2D eigenvalue weighted by molar-refractivity contribution is 7.99. The molecular weight excluding hydrogens is 466 g/mol. The third kappa shape index (κ3) is 4.76. The molecule has 12 heteroatoms. The van der Waals surface area contributed by atoms with Crippen LogP contribution in [0.1, 0.15) is 40.6 Å². The summed E-state index contributed by atoms with van der Waals surface area (Å²) in [7, 11) is 0. The van der Waals surface area contributed by atoms with Gasteiger partial charge in [0.1, 0.15) is 4.83 Å². The molecule has 4 rings (SSSR count). The van der Waals surface area contributed by atoms with Crippen LogP contribution in [0.15, 0.2) is 34.2 Å². The van der Waals surface area contributed by atoms with Crippen molar-refractivity contribution in [3.63, 3.8) is 0 Å². The Morgan fingerprint density at radius 3 is 2.64 bits per heavy atom. The Morgan fingerprint density at radius 2 is 1.94 bits per heavy atom. The molecule has 2 aromatic heterocycles. The Bertz CT molecular complexity index is 1300. The summed E-state index contributed by atoms with van der Waals surface area (Å²) >= 11 is 2.69. The molecule has 2 amide bonds. The minimum absolute atomic E-state index is 0.0520. The smallest absolute Gasteiger partial charge is 0.269 e. The number of hydrogen-bond acceptors (Lipinski definition) is 8. The molecular formula is C21H21N5O5S2. The van der Waals surface area contributed by atoms with E-state index in [1.54, 1.807) is 15.9 Å². The molecule has 0 bridgehead atoms. The van der Waals surface area contributed by atoms with E-state index in [-0.39, 0.29) is 22.6 Å². The molecule has 0 unspecified atom stereocenters. The zero-order chi connectivity index (χ0) is 23.5. The first-order chi connectivity index (χ1) is 15.9. The first kappa shape index (κ1) is 22.9. The number of thioether (sulfide) groups is 1. The van der Waals surface area contributed by atoms with Crippen molar-refractivity contribution in [1.82, 2.24) is 20.4 Å². The Balaban J connectivity index is 1.41. The van der Waals surface area contributed by atoms with Crippen LogP contribution in [-0.2, 0) is 24.2 Å². The SMILES string of the molecule is CCn1c(SCC(=O)NNC(=O)c2ccc([N+](=O)[O-])cc2)nc2sc3c(c2c1=O)CCCC3. The number of nitrogens with zero attached hydrogens (tertiary/aromatic N) is 3. The van der Waals surface area contributed by atoms with Gasteiger partial charge in [-0.1, -0.05) is 11.8 Å². The number of nitrogens with one attached hydrogen (secondary N) is 2. The molecule has 0 atom stereocenters. The van der Waals surface area contributed by atoms with E-state index in [4.69, 9.17) is 0 Å². The molecule has 1 aromatic carbocycles. The molecule has 2 N–H and O–H groups in total. The Kier molecular flexibility index (Phi) is 6.75. The molecule has 0 radical (unpaired) electrons. The van der Waals surface area contributed by atoms with Gasteiger partial charge in [0.15, 0.2) is 5.16 Å². The van der Waals surface area contributed by atoms with Crippen LogP contribution in [0.25, 0.3) is 10.2 Å². The van der Waals surface area contributed by atoms with Gasteiger partial charge in [0, 0.05) is 29.1 Å². The van der Waals surface area contributed by atoms with Gasteiger partial charge in [-0.3, -0.25) is 39.9 Å². The monoisotopic (exact) mass is 487 g/mol. The summed E-state index contributed by atoms with van der Waals surface area (Å²) in [6.07, 6.45) is 4.07. The molecule has 33 heavy (non-hydrogen) atoms. The third-order valence-corrected chi connectivity index (χ3v) is 7.51. The fraction of sp³-hybridized carbons (Fsp3) is 0.333. The van der Waals surface area contributed by atoms with Crippen molar-refractivity contribution in [1.29, 1.82) is 0 Å². The summed E-state index contributed by atoms with van der Waals surface area (Å²) in [5.41, 5.74) is 5.68. The van der Waals surface area contributed by atoms with Crippen LogP contribution < -0.4 is 16.4 Å². The topological polar surface area (TPSA) is 136 Å². The standard InChI is InChI=1S/C21H21N5O5S2/c1-2-25-20(29)17-14-5-3-4-6-15(14)33-19(17)22-21(25)32-11-16(27)23-24-18(28)12-7-9-13(10-8-12)26(30)31/h7-10H,2-6,11H2,1H3,(H,23,27)(H,24,28). The normalized spacial score (nSPS) is 12.9. The van der Waals surface area contributed by atoms with Crippen LogP contribution in [0.3, 0.4) is 0 Å². The van der Waals surface area contributed by atoms with E-state index in [1.807, 2.05) is 6.92 Å². The molecule has 0 spiro atoms. The molecule has 0 aliphatic heterocycles. The highest BCUT2D eigenvalue weighted by Gasteiger charge is 2.22. The predicted octanol–water partition coefficient (Wildman–Crippen LogP) is 2.82. The minimum Gasteiger partial charge on any atom is -0.287 e. The van der Waals surface area contributed by atoms with Gasteiger partial charge in [0.2, 0.25) is 5.91 Å². The van der Waals surface area contributed by atoms with Crippen molar-refractivity contribution in [3.8, 4) is 0 Å². The molecule has 3 aromatic rings. The van der Waals surface area contributed by atoms with Crippen LogP contribution in [-0.4, -0.2) is 32.0 Å². The third-order valence-electron chi connectivity index (χ3n) is 5.34. The number of aryl methyl sites for hydroxylation is 2. The van der Waals surface area contributed by atoms with Gasteiger partial charge >= 0.3 is 0 Å². The van der Waals surface area contributed by atoms with Crippen LogP contribution in [0.4, 0.5) is 5.69 Å². The fourth-order valence-electron chi connectivity index (χ4n) is 3.71. The minimum atomic E-state index is -0.600. The number of carbonyl (C=O) groups is 2. The molecule has 1 aliphatic rings. The number of hydrazine groups is 1. The summed E-state index contributed by atoms with van der Waals surface area (Å²) in [6, 6.07) is 5.02. The Labute approximate surface area is 196 Å². The van der Waals surface area contributed by atoms with Crippen molar-refractivity contribution in [2.75, 3.05) is 5.75 Å². The van der Waals surface area contributed by atoms with Gasteiger partial charge in [-0.15, -0.1) is 11.3 Å². The van der Waals surface area contributed by atoms with Crippen molar-refractivity contribution in [2.45, 2.75) is 44.3 Å². The van der Waals surface area contributed by atoms with E-state index in [0.717, 1.165) is 43.0 Å². The second kappa shape index (κ2) is 9.71. The molecule has 2 heterocycles. The second-order valence-corrected chi connectivity index (χ2v) is 9.46. The lowest BCUT2D eigenvalue weighted by Crippen LogP contribution is -2.42. The summed E-state index contributed by atoms with van der Waals surface area (Å²) in [6.45, 7) is 2.30. The Morgan fingerprint density at radius 1 is 1.21 bits per heavy atom. The predicted molar refractivity (Wildman–Crippen MR) is 126 cm³/mol. The molecule has 0 fully saturated rings. The number of rotatable bonds is 6. The second-order valence-electron chi connectivity index (χ2n) is 7.43. The Hall–Kier alpha value is -3.25. The van der Waals surface area contributed by atoms with Gasteiger partial charge < -0.3 is 0 Å². The first-order valence-corrected chi connectivity index (χ1v) is 12.2. The number of fused-ring (bicyclic) bond motifs is 3. The number of hydrogen-bond donors (Lipinski definition) is 2. The van der Waals surface area contributed by atoms with Gasteiger partial charge in [-0.2, -0.15) is 0 Å². The van der Waals surface area contributed by atoms with Gasteiger partial charge in [0.05, 0.1) is 16.1 Å². The van der Waals surface area contributed by atoms with Gasteiger partial charge in [0.25, 0.3) is 17.2 Å². The van der Waals surface area contributed by atoms with Crippen molar-refractivity contribution in [2.24, 2.45) is 0 Å². The van der Waals surface area contributed by atoms with Crippen LogP contribution in [0, 0.1) is 10.1 Å². The molecule has 0 saturated heterocycles. The molecule has 172 valence electrons. The van der Waals surface area contributed by atoms with Crippen LogP contribution in [0.2, 0.25) is 0 Å².